The molecule has 11 heavy (non-hydrogen) atoms. The van der Waals surface area contributed by atoms with Gasteiger partial charge in [-0.1, -0.05) is 6.08 Å². The molecule has 0 spiro atoms. The van der Waals surface area contributed by atoms with Crippen LogP contribution in [0.5, 0.6) is 0 Å². The number of rotatable bonds is 3. The second-order valence-corrected chi connectivity index (χ2v) is 2.47. The first kappa shape index (κ1) is 8.27. The van der Waals surface area contributed by atoms with Gasteiger partial charge in [-0.05, 0) is 24.3 Å². The van der Waals surface area contributed by atoms with Gasteiger partial charge in [0.15, 0.2) is 5.82 Å². The van der Waals surface area contributed by atoms with Crippen LogP contribution in [0.3, 0.4) is 0 Å². The van der Waals surface area contributed by atoms with E-state index in [4.69, 9.17) is 0 Å². The first-order chi connectivity index (χ1) is 5.43. The van der Waals surface area contributed by atoms with Crippen molar-refractivity contribution < 1.29 is 0 Å². The van der Waals surface area contributed by atoms with Gasteiger partial charge in [0.25, 0.3) is 0 Å². The highest BCUT2D eigenvalue weighted by atomic mass is 32.1. The summed E-state index contributed by atoms with van der Waals surface area (Å²) in [6.07, 6.45) is 8.33. The van der Waals surface area contributed by atoms with Crippen LogP contribution in [0.4, 0.5) is 0 Å². The number of nitrogens with zero attached hydrogens (tertiary/aromatic N) is 2. The molecule has 0 aromatic carbocycles. The van der Waals surface area contributed by atoms with E-state index in [1.165, 1.54) is 0 Å². The lowest BCUT2D eigenvalue weighted by molar-refractivity contribution is 1.13. The minimum atomic E-state index is 0.759. The highest BCUT2D eigenvalue weighted by Gasteiger charge is 1.83. The Bertz CT molecular complexity index is 221. The zero-order chi connectivity index (χ0) is 7.94. The van der Waals surface area contributed by atoms with Gasteiger partial charge in [-0.2, -0.15) is 12.6 Å². The van der Waals surface area contributed by atoms with Crippen LogP contribution in [-0.2, 0) is 0 Å². The van der Waals surface area contributed by atoms with E-state index in [0.29, 0.717) is 0 Å². The Hall–Kier alpha value is -0.830. The van der Waals surface area contributed by atoms with Crippen molar-refractivity contribution in [3.63, 3.8) is 0 Å². The molecule has 0 fully saturated rings. The standard InChI is InChI=1S/C8H10N2S/c11-7-2-1-4-8-9-5-3-6-10-8/h1,3-6,11H,2,7H2. The lowest BCUT2D eigenvalue weighted by atomic mass is 10.4. The molecule has 2 nitrogen and oxygen atoms in total. The molecule has 3 heteroatoms. The fourth-order valence-corrected chi connectivity index (χ4v) is 0.809. The number of aromatic nitrogens is 2. The molecule has 1 aromatic rings. The van der Waals surface area contributed by atoms with Crippen LogP contribution in [0.2, 0.25) is 0 Å². The van der Waals surface area contributed by atoms with Gasteiger partial charge in [0.2, 0.25) is 0 Å². The van der Waals surface area contributed by atoms with E-state index in [1.807, 2.05) is 12.2 Å². The number of allylic oxidation sites excluding steroid dienone is 1. The summed E-state index contributed by atoms with van der Waals surface area (Å²) in [5.74, 6) is 1.62. The van der Waals surface area contributed by atoms with Crippen molar-refractivity contribution >= 4 is 18.7 Å². The van der Waals surface area contributed by atoms with Crippen molar-refractivity contribution in [2.75, 3.05) is 5.75 Å². The highest BCUT2D eigenvalue weighted by Crippen LogP contribution is 1.93. The van der Waals surface area contributed by atoms with Crippen LogP contribution in [0.15, 0.2) is 24.5 Å². The molecular formula is C8H10N2S. The monoisotopic (exact) mass is 166 g/mol. The van der Waals surface area contributed by atoms with E-state index in [-0.39, 0.29) is 0 Å². The van der Waals surface area contributed by atoms with E-state index >= 15 is 0 Å². The third kappa shape index (κ3) is 3.18. The molecule has 0 aliphatic rings. The molecule has 0 amide bonds. The molecule has 0 unspecified atom stereocenters. The van der Waals surface area contributed by atoms with Crippen LogP contribution >= 0.6 is 12.6 Å². The summed E-state index contributed by atoms with van der Waals surface area (Å²) in [5, 5.41) is 0. The van der Waals surface area contributed by atoms with Gasteiger partial charge in [0.05, 0.1) is 0 Å². The molecule has 0 aliphatic carbocycles. The second kappa shape index (κ2) is 4.91. The van der Waals surface area contributed by atoms with E-state index < -0.39 is 0 Å². The van der Waals surface area contributed by atoms with E-state index in [0.717, 1.165) is 18.0 Å². The zero-order valence-electron chi connectivity index (χ0n) is 6.14. The van der Waals surface area contributed by atoms with E-state index in [1.54, 1.807) is 18.5 Å². The molecule has 1 heterocycles. The van der Waals surface area contributed by atoms with Crippen LogP contribution in [0.25, 0.3) is 6.08 Å². The first-order valence-corrected chi connectivity index (χ1v) is 4.11. The van der Waals surface area contributed by atoms with Gasteiger partial charge in [-0.15, -0.1) is 0 Å². The van der Waals surface area contributed by atoms with Crippen molar-refractivity contribution in [1.29, 1.82) is 0 Å². The molecule has 1 aromatic heterocycles. The Kier molecular flexibility index (Phi) is 3.69. The molecule has 1 rings (SSSR count). The summed E-state index contributed by atoms with van der Waals surface area (Å²) < 4.78 is 0. The predicted molar refractivity (Wildman–Crippen MR) is 49.5 cm³/mol. The topological polar surface area (TPSA) is 25.8 Å². The third-order valence-electron chi connectivity index (χ3n) is 1.15. The maximum absolute atomic E-state index is 4.07. The van der Waals surface area contributed by atoms with Gasteiger partial charge in [-0.25, -0.2) is 9.97 Å². The largest absolute Gasteiger partial charge is 0.237 e. The molecular weight excluding hydrogens is 156 g/mol. The van der Waals surface area contributed by atoms with Crippen LogP contribution < -0.4 is 0 Å². The van der Waals surface area contributed by atoms with Gasteiger partial charge < -0.3 is 0 Å². The Labute approximate surface area is 71.8 Å². The summed E-state index contributed by atoms with van der Waals surface area (Å²) in [4.78, 5) is 8.06. The van der Waals surface area contributed by atoms with E-state index in [2.05, 4.69) is 22.6 Å². The molecule has 0 saturated carbocycles. The smallest absolute Gasteiger partial charge is 0.151 e. The quantitative estimate of drug-likeness (QED) is 0.693. The number of hydrogen-bond donors (Lipinski definition) is 1. The second-order valence-electron chi connectivity index (χ2n) is 2.02. The molecule has 58 valence electrons. The minimum Gasteiger partial charge on any atom is -0.237 e. The maximum atomic E-state index is 4.07. The lowest BCUT2D eigenvalue weighted by Crippen LogP contribution is -1.82. The number of thiol groups is 1. The maximum Gasteiger partial charge on any atom is 0.151 e. The molecule has 0 radical (unpaired) electrons. The van der Waals surface area contributed by atoms with Crippen LogP contribution in [0, 0.1) is 0 Å². The molecule has 0 saturated heterocycles. The SMILES string of the molecule is SCCC=Cc1ncccn1. The van der Waals surface area contributed by atoms with Crippen LogP contribution in [0.1, 0.15) is 12.2 Å². The summed E-state index contributed by atoms with van der Waals surface area (Å²) >= 11 is 4.07. The van der Waals surface area contributed by atoms with Gasteiger partial charge >= 0.3 is 0 Å². The fraction of sp³-hybridized carbons (Fsp3) is 0.250. The normalized spacial score (nSPS) is 10.6. The van der Waals surface area contributed by atoms with Crippen molar-refractivity contribution in [3.05, 3.63) is 30.4 Å². The van der Waals surface area contributed by atoms with Crippen molar-refractivity contribution in [3.8, 4) is 0 Å². The van der Waals surface area contributed by atoms with Gasteiger partial charge in [0.1, 0.15) is 0 Å². The van der Waals surface area contributed by atoms with Crippen LogP contribution in [-0.4, -0.2) is 15.7 Å². The third-order valence-corrected chi connectivity index (χ3v) is 1.41. The molecule has 0 bridgehead atoms. The Balaban J connectivity index is 2.50. The van der Waals surface area contributed by atoms with Crippen molar-refractivity contribution in [1.82, 2.24) is 9.97 Å². The fourth-order valence-electron chi connectivity index (χ4n) is 0.660. The molecule has 0 atom stereocenters. The summed E-state index contributed by atoms with van der Waals surface area (Å²) in [7, 11) is 0. The Morgan fingerprint density at radius 2 is 2.09 bits per heavy atom. The van der Waals surface area contributed by atoms with E-state index in [9.17, 15) is 0 Å². The average molecular weight is 166 g/mol. The lowest BCUT2D eigenvalue weighted by Gasteiger charge is -1.87. The summed E-state index contributed by atoms with van der Waals surface area (Å²) in [6.45, 7) is 0. The Morgan fingerprint density at radius 1 is 1.36 bits per heavy atom. The predicted octanol–water partition coefficient (Wildman–Crippen LogP) is 1.81. The highest BCUT2D eigenvalue weighted by molar-refractivity contribution is 7.80. The van der Waals surface area contributed by atoms with Gasteiger partial charge in [-0.3, -0.25) is 0 Å². The number of hydrogen-bond acceptors (Lipinski definition) is 3. The molecule has 0 N–H and O–H groups in total. The molecule has 0 aliphatic heterocycles. The summed E-state index contributed by atoms with van der Waals surface area (Å²) in [5.41, 5.74) is 0. The van der Waals surface area contributed by atoms with Crippen molar-refractivity contribution in [2.24, 2.45) is 0 Å². The summed E-state index contributed by atoms with van der Waals surface area (Å²) in [6, 6.07) is 1.80. The Morgan fingerprint density at radius 3 is 2.73 bits per heavy atom. The first-order valence-electron chi connectivity index (χ1n) is 3.48. The zero-order valence-corrected chi connectivity index (χ0v) is 7.04. The van der Waals surface area contributed by atoms with Crippen molar-refractivity contribution in [2.45, 2.75) is 6.42 Å². The average Bonchev–Trinajstić information content (AvgIpc) is 2.07. The van der Waals surface area contributed by atoms with Gasteiger partial charge in [0, 0.05) is 12.4 Å². The minimum absolute atomic E-state index is 0.759.